The fraction of sp³-hybridized carbons (Fsp3) is 0.417. The van der Waals surface area contributed by atoms with Gasteiger partial charge in [0.05, 0.1) is 18.4 Å². The molecule has 1 atom stereocenters. The Bertz CT molecular complexity index is 408. The van der Waals surface area contributed by atoms with Crippen LogP contribution in [0.1, 0.15) is 12.0 Å². The fourth-order valence-electron chi connectivity index (χ4n) is 1.80. The molecule has 0 saturated carbocycles. The number of nitrogens with one attached hydrogen (secondary N) is 1. The van der Waals surface area contributed by atoms with E-state index < -0.39 is 0 Å². The van der Waals surface area contributed by atoms with Gasteiger partial charge in [0.2, 0.25) is 0 Å². The lowest BCUT2D eigenvalue weighted by atomic mass is 10.1. The zero-order chi connectivity index (χ0) is 11.4. The maximum absolute atomic E-state index is 9.06. The zero-order valence-corrected chi connectivity index (χ0v) is 10.0. The average Bonchev–Trinajstić information content (AvgIpc) is 2.82. The molecule has 16 heavy (non-hydrogen) atoms. The van der Waals surface area contributed by atoms with Crippen molar-refractivity contribution in [1.29, 1.82) is 5.26 Å². The molecule has 0 amide bonds. The fourth-order valence-corrected chi connectivity index (χ4v) is 2.95. The van der Waals surface area contributed by atoms with E-state index in [0.717, 1.165) is 23.6 Å². The highest BCUT2D eigenvalue weighted by atomic mass is 32.2. The van der Waals surface area contributed by atoms with Crippen LogP contribution in [0.15, 0.2) is 18.2 Å². The minimum Gasteiger partial charge on any atom is -0.495 e. The van der Waals surface area contributed by atoms with Crippen molar-refractivity contribution in [1.82, 2.24) is 0 Å². The summed E-state index contributed by atoms with van der Waals surface area (Å²) in [7, 11) is 1.63. The molecule has 3 nitrogen and oxygen atoms in total. The molecule has 0 aliphatic carbocycles. The SMILES string of the molecule is COc1cccc(C#N)c1NC1CCSC1. The van der Waals surface area contributed by atoms with Gasteiger partial charge in [-0.3, -0.25) is 0 Å². The third kappa shape index (κ3) is 2.25. The number of para-hydroxylation sites is 1. The van der Waals surface area contributed by atoms with Gasteiger partial charge in [-0.1, -0.05) is 6.07 Å². The summed E-state index contributed by atoms with van der Waals surface area (Å²) in [6.45, 7) is 0. The van der Waals surface area contributed by atoms with E-state index in [9.17, 15) is 0 Å². The molecular weight excluding hydrogens is 220 g/mol. The van der Waals surface area contributed by atoms with Crippen molar-refractivity contribution in [3.8, 4) is 11.8 Å². The van der Waals surface area contributed by atoms with Crippen LogP contribution in [-0.4, -0.2) is 24.7 Å². The van der Waals surface area contributed by atoms with Crippen molar-refractivity contribution in [3.05, 3.63) is 23.8 Å². The summed E-state index contributed by atoms with van der Waals surface area (Å²) in [5.41, 5.74) is 1.48. The Kier molecular flexibility index (Phi) is 3.58. The maximum Gasteiger partial charge on any atom is 0.143 e. The summed E-state index contributed by atoms with van der Waals surface area (Å²) in [5.74, 6) is 3.04. The van der Waals surface area contributed by atoms with E-state index in [1.165, 1.54) is 5.75 Å². The van der Waals surface area contributed by atoms with Crippen LogP contribution in [0, 0.1) is 11.3 Å². The molecule has 1 heterocycles. The molecule has 0 radical (unpaired) electrons. The summed E-state index contributed by atoms with van der Waals surface area (Å²) in [6, 6.07) is 8.18. The highest BCUT2D eigenvalue weighted by molar-refractivity contribution is 7.99. The Morgan fingerprint density at radius 3 is 3.06 bits per heavy atom. The first-order valence-corrected chi connectivity index (χ1v) is 6.42. The highest BCUT2D eigenvalue weighted by Gasteiger charge is 2.18. The number of methoxy groups -OCH3 is 1. The molecule has 0 aromatic heterocycles. The van der Waals surface area contributed by atoms with Crippen molar-refractivity contribution in [2.75, 3.05) is 23.9 Å². The van der Waals surface area contributed by atoms with Gasteiger partial charge in [0, 0.05) is 11.8 Å². The molecule has 1 fully saturated rings. The van der Waals surface area contributed by atoms with E-state index in [1.807, 2.05) is 30.0 Å². The molecule has 1 saturated heterocycles. The van der Waals surface area contributed by atoms with Gasteiger partial charge in [-0.25, -0.2) is 0 Å². The Balaban J connectivity index is 2.26. The number of benzene rings is 1. The van der Waals surface area contributed by atoms with Crippen molar-refractivity contribution < 1.29 is 4.74 Å². The number of nitriles is 1. The van der Waals surface area contributed by atoms with E-state index in [0.29, 0.717) is 11.6 Å². The lowest BCUT2D eigenvalue weighted by Gasteiger charge is -2.16. The molecule has 2 rings (SSSR count). The van der Waals surface area contributed by atoms with Gasteiger partial charge >= 0.3 is 0 Å². The lowest BCUT2D eigenvalue weighted by Crippen LogP contribution is -2.19. The molecule has 84 valence electrons. The van der Waals surface area contributed by atoms with Crippen molar-refractivity contribution in [2.24, 2.45) is 0 Å². The minimum atomic E-state index is 0.452. The predicted molar refractivity (Wildman–Crippen MR) is 67.1 cm³/mol. The number of nitrogens with zero attached hydrogens (tertiary/aromatic N) is 1. The molecule has 0 spiro atoms. The number of anilines is 1. The van der Waals surface area contributed by atoms with Gasteiger partial charge in [-0.2, -0.15) is 17.0 Å². The molecular formula is C12H14N2OS. The molecule has 1 aliphatic heterocycles. The van der Waals surface area contributed by atoms with Gasteiger partial charge < -0.3 is 10.1 Å². The molecule has 1 aliphatic rings. The van der Waals surface area contributed by atoms with Gasteiger partial charge in [0.1, 0.15) is 11.8 Å². The van der Waals surface area contributed by atoms with Crippen LogP contribution in [0.5, 0.6) is 5.75 Å². The summed E-state index contributed by atoms with van der Waals surface area (Å²) in [4.78, 5) is 0. The topological polar surface area (TPSA) is 45.0 Å². The lowest BCUT2D eigenvalue weighted by molar-refractivity contribution is 0.416. The second-order valence-electron chi connectivity index (χ2n) is 3.70. The summed E-state index contributed by atoms with van der Waals surface area (Å²) in [6.07, 6.45) is 1.15. The maximum atomic E-state index is 9.06. The first-order valence-electron chi connectivity index (χ1n) is 5.26. The van der Waals surface area contributed by atoms with Crippen LogP contribution in [0.2, 0.25) is 0 Å². The standard InChI is InChI=1S/C12H14N2OS/c1-15-11-4-2-3-9(7-13)12(11)14-10-5-6-16-8-10/h2-4,10,14H,5-6,8H2,1H3. The number of ether oxygens (including phenoxy) is 1. The van der Waals surface area contributed by atoms with E-state index in [-0.39, 0.29) is 0 Å². The summed E-state index contributed by atoms with van der Waals surface area (Å²) < 4.78 is 5.28. The first-order chi connectivity index (χ1) is 7.85. The molecule has 1 aromatic rings. The molecule has 1 N–H and O–H groups in total. The Labute approximate surface area is 99.8 Å². The van der Waals surface area contributed by atoms with Crippen molar-refractivity contribution >= 4 is 17.4 Å². The largest absolute Gasteiger partial charge is 0.495 e. The monoisotopic (exact) mass is 234 g/mol. The third-order valence-electron chi connectivity index (χ3n) is 2.64. The molecule has 1 aromatic carbocycles. The van der Waals surface area contributed by atoms with Crippen molar-refractivity contribution in [3.63, 3.8) is 0 Å². The van der Waals surface area contributed by atoms with Gasteiger partial charge in [0.25, 0.3) is 0 Å². The number of thioether (sulfide) groups is 1. The van der Waals surface area contributed by atoms with Crippen LogP contribution in [0.4, 0.5) is 5.69 Å². The summed E-state index contributed by atoms with van der Waals surface area (Å²) >= 11 is 1.94. The Morgan fingerprint density at radius 1 is 1.56 bits per heavy atom. The average molecular weight is 234 g/mol. The number of rotatable bonds is 3. The number of hydrogen-bond donors (Lipinski definition) is 1. The Morgan fingerprint density at radius 2 is 2.44 bits per heavy atom. The van der Waals surface area contributed by atoms with E-state index in [4.69, 9.17) is 10.00 Å². The number of hydrogen-bond acceptors (Lipinski definition) is 4. The van der Waals surface area contributed by atoms with E-state index in [1.54, 1.807) is 7.11 Å². The molecule has 0 bridgehead atoms. The smallest absolute Gasteiger partial charge is 0.143 e. The molecule has 1 unspecified atom stereocenters. The normalized spacial score (nSPS) is 19.1. The van der Waals surface area contributed by atoms with Gasteiger partial charge in [-0.15, -0.1) is 0 Å². The van der Waals surface area contributed by atoms with Crippen LogP contribution >= 0.6 is 11.8 Å². The van der Waals surface area contributed by atoms with E-state index >= 15 is 0 Å². The minimum absolute atomic E-state index is 0.452. The van der Waals surface area contributed by atoms with Crippen LogP contribution in [0.25, 0.3) is 0 Å². The van der Waals surface area contributed by atoms with Crippen LogP contribution in [0.3, 0.4) is 0 Å². The predicted octanol–water partition coefficient (Wildman–Crippen LogP) is 2.48. The third-order valence-corrected chi connectivity index (χ3v) is 3.81. The van der Waals surface area contributed by atoms with Gasteiger partial charge in [0.15, 0.2) is 0 Å². The first kappa shape index (κ1) is 11.2. The highest BCUT2D eigenvalue weighted by Crippen LogP contribution is 2.31. The Hall–Kier alpha value is -1.34. The molecule has 4 heteroatoms. The van der Waals surface area contributed by atoms with Crippen molar-refractivity contribution in [2.45, 2.75) is 12.5 Å². The van der Waals surface area contributed by atoms with Crippen LogP contribution in [-0.2, 0) is 0 Å². The zero-order valence-electron chi connectivity index (χ0n) is 9.19. The second-order valence-corrected chi connectivity index (χ2v) is 4.85. The quantitative estimate of drug-likeness (QED) is 0.872. The second kappa shape index (κ2) is 5.13. The van der Waals surface area contributed by atoms with E-state index in [2.05, 4.69) is 11.4 Å². The summed E-state index contributed by atoms with van der Waals surface area (Å²) in [5, 5.41) is 12.5. The van der Waals surface area contributed by atoms with Crippen LogP contribution < -0.4 is 10.1 Å². The van der Waals surface area contributed by atoms with Gasteiger partial charge in [-0.05, 0) is 24.3 Å².